The molecule has 0 unspecified atom stereocenters. The summed E-state index contributed by atoms with van der Waals surface area (Å²) in [4.78, 5) is 28.2. The van der Waals surface area contributed by atoms with E-state index in [-0.39, 0.29) is 51.0 Å². The number of halogens is 2. The first-order valence-corrected chi connectivity index (χ1v) is 14.5. The maximum atomic E-state index is 13.6. The van der Waals surface area contributed by atoms with Gasteiger partial charge in [0.15, 0.2) is 11.5 Å². The van der Waals surface area contributed by atoms with Crippen LogP contribution in [0.4, 0.5) is 0 Å². The number of hydrogen-bond donors (Lipinski definition) is 4. The van der Waals surface area contributed by atoms with Gasteiger partial charge in [-0.15, -0.1) is 0 Å². The number of ether oxygens (including phenoxy) is 2. The Labute approximate surface area is 253 Å². The smallest absolute Gasteiger partial charge is 0.247 e. The molecule has 2 aromatic carbocycles. The van der Waals surface area contributed by atoms with Gasteiger partial charge in [-0.25, -0.2) is 0 Å². The molecular weight excluding hydrogens is 651 g/mol. The Morgan fingerprint density at radius 2 is 1.88 bits per heavy atom. The Hall–Kier alpha value is -2.38. The van der Waals surface area contributed by atoms with E-state index in [2.05, 4.69) is 27.9 Å². The molecule has 1 aliphatic carbocycles. The minimum atomic E-state index is -1.18. The fourth-order valence-electron chi connectivity index (χ4n) is 4.54. The van der Waals surface area contributed by atoms with E-state index < -0.39 is 24.2 Å². The highest BCUT2D eigenvalue weighted by Crippen LogP contribution is 2.37. The largest absolute Gasteiger partial charge is 0.493 e. The van der Waals surface area contributed by atoms with Gasteiger partial charge in [-0.1, -0.05) is 37.6 Å². The van der Waals surface area contributed by atoms with Crippen molar-refractivity contribution in [3.05, 3.63) is 67.8 Å². The molecule has 0 aliphatic heterocycles. The Morgan fingerprint density at radius 1 is 1.18 bits per heavy atom. The Balaban J connectivity index is 2.04. The van der Waals surface area contributed by atoms with Crippen molar-refractivity contribution in [3.8, 4) is 11.5 Å². The van der Waals surface area contributed by atoms with Crippen LogP contribution < -0.4 is 14.8 Å². The van der Waals surface area contributed by atoms with Crippen LogP contribution in [0.3, 0.4) is 0 Å². The third kappa shape index (κ3) is 8.32. The predicted octanol–water partition coefficient (Wildman–Crippen LogP) is 3.44. The lowest BCUT2D eigenvalue weighted by atomic mass is 9.87. The van der Waals surface area contributed by atoms with E-state index in [1.165, 1.54) is 7.11 Å². The molecule has 0 heterocycles. The van der Waals surface area contributed by atoms with Gasteiger partial charge in [0.05, 0.1) is 29.9 Å². The SMILES string of the molecule is COc1cc(CO)cc(I)c1O[C@H]1C=C(C(=O)NCCO)C[C@@H](N(Cc2ccc(Cl)cc2)C(=O)CC(C)C)[C@@H]1O. The summed E-state index contributed by atoms with van der Waals surface area (Å²) in [7, 11) is 1.47. The predicted molar refractivity (Wildman–Crippen MR) is 160 cm³/mol. The Kier molecular flexibility index (Phi) is 12.1. The molecule has 2 aromatic rings. The maximum absolute atomic E-state index is 13.6. The molecule has 218 valence electrons. The van der Waals surface area contributed by atoms with Crippen molar-refractivity contribution < 1.29 is 34.4 Å². The second-order valence-electron chi connectivity index (χ2n) is 10.0. The third-order valence-electron chi connectivity index (χ3n) is 6.51. The highest BCUT2D eigenvalue weighted by molar-refractivity contribution is 14.1. The van der Waals surface area contributed by atoms with E-state index in [9.17, 15) is 24.9 Å². The molecule has 40 heavy (non-hydrogen) atoms. The van der Waals surface area contributed by atoms with Crippen LogP contribution in [0.25, 0.3) is 0 Å². The molecule has 3 rings (SSSR count). The van der Waals surface area contributed by atoms with Crippen molar-refractivity contribution in [2.75, 3.05) is 20.3 Å². The first-order valence-electron chi connectivity index (χ1n) is 13.0. The first-order chi connectivity index (χ1) is 19.1. The average Bonchev–Trinajstić information content (AvgIpc) is 2.92. The number of nitrogens with zero attached hydrogens (tertiary/aromatic N) is 1. The topological polar surface area (TPSA) is 129 Å². The average molecular weight is 687 g/mol. The molecule has 0 aromatic heterocycles. The number of benzene rings is 2. The van der Waals surface area contributed by atoms with Gasteiger partial charge in [0.2, 0.25) is 11.8 Å². The van der Waals surface area contributed by atoms with Crippen LogP contribution in [-0.2, 0) is 22.7 Å². The third-order valence-corrected chi connectivity index (χ3v) is 7.56. The number of amides is 2. The van der Waals surface area contributed by atoms with Gasteiger partial charge in [0, 0.05) is 36.5 Å². The standard InChI is InChI=1S/C29H36ClIN2O7/c1-17(2)10-26(36)33(15-18-4-6-21(30)7-5-18)23-13-20(29(38)32-8-9-34)14-24(27(23)37)40-28-22(31)11-19(16-35)12-25(28)39-3/h4-7,11-12,14,17,23-24,27,34-35,37H,8-10,13,15-16H2,1-3H3,(H,32,38)/t23-,24+,27+/m1/s1. The lowest BCUT2D eigenvalue weighted by Crippen LogP contribution is -2.55. The number of carbonyl (C=O) groups excluding carboxylic acids is 2. The summed E-state index contributed by atoms with van der Waals surface area (Å²) in [6.45, 7) is 3.73. The summed E-state index contributed by atoms with van der Waals surface area (Å²) in [6, 6.07) is 9.72. The fraction of sp³-hybridized carbons (Fsp3) is 0.448. The molecule has 4 N–H and O–H groups in total. The van der Waals surface area contributed by atoms with Crippen LogP contribution in [0, 0.1) is 9.49 Å². The summed E-state index contributed by atoms with van der Waals surface area (Å²) in [5.74, 6) is 0.198. The van der Waals surface area contributed by atoms with Crippen LogP contribution in [0.5, 0.6) is 11.5 Å². The molecular formula is C29H36ClIN2O7. The highest BCUT2D eigenvalue weighted by Gasteiger charge is 2.41. The van der Waals surface area contributed by atoms with Gasteiger partial charge >= 0.3 is 0 Å². The second-order valence-corrected chi connectivity index (χ2v) is 11.6. The molecule has 0 radical (unpaired) electrons. The maximum Gasteiger partial charge on any atom is 0.247 e. The van der Waals surface area contributed by atoms with Gasteiger partial charge < -0.3 is 35.0 Å². The molecule has 1 aliphatic rings. The molecule has 0 saturated heterocycles. The zero-order valence-electron chi connectivity index (χ0n) is 22.8. The lowest BCUT2D eigenvalue weighted by Gasteiger charge is -2.41. The van der Waals surface area contributed by atoms with E-state index in [4.69, 9.17) is 21.1 Å². The van der Waals surface area contributed by atoms with E-state index in [1.54, 1.807) is 35.2 Å². The van der Waals surface area contributed by atoms with Gasteiger partial charge in [0.25, 0.3) is 0 Å². The van der Waals surface area contributed by atoms with Crippen molar-refractivity contribution in [1.82, 2.24) is 10.2 Å². The molecule has 11 heteroatoms. The van der Waals surface area contributed by atoms with E-state index in [0.29, 0.717) is 31.2 Å². The molecule has 0 fully saturated rings. The van der Waals surface area contributed by atoms with Gasteiger partial charge in [-0.2, -0.15) is 0 Å². The van der Waals surface area contributed by atoms with Gasteiger partial charge in [-0.3, -0.25) is 9.59 Å². The van der Waals surface area contributed by atoms with E-state index in [0.717, 1.165) is 5.56 Å². The van der Waals surface area contributed by atoms with E-state index in [1.807, 2.05) is 26.0 Å². The molecule has 2 amide bonds. The zero-order valence-corrected chi connectivity index (χ0v) is 25.7. The molecule has 0 spiro atoms. The molecule has 0 saturated carbocycles. The number of aliphatic hydroxyl groups excluding tert-OH is 3. The van der Waals surface area contributed by atoms with E-state index >= 15 is 0 Å². The summed E-state index contributed by atoms with van der Waals surface area (Å²) < 4.78 is 12.4. The van der Waals surface area contributed by atoms with Crippen LogP contribution in [0.2, 0.25) is 5.02 Å². The number of rotatable bonds is 12. The highest BCUT2D eigenvalue weighted by atomic mass is 127. The summed E-state index contributed by atoms with van der Waals surface area (Å²) in [5.41, 5.74) is 1.78. The quantitative estimate of drug-likeness (QED) is 0.252. The lowest BCUT2D eigenvalue weighted by molar-refractivity contribution is -0.140. The summed E-state index contributed by atoms with van der Waals surface area (Å²) in [5, 5.41) is 33.7. The monoisotopic (exact) mass is 686 g/mol. The molecule has 9 nitrogen and oxygen atoms in total. The zero-order chi connectivity index (χ0) is 29.4. The normalized spacial score (nSPS) is 18.7. The van der Waals surface area contributed by atoms with Crippen LogP contribution in [0.1, 0.15) is 37.8 Å². The van der Waals surface area contributed by atoms with Crippen molar-refractivity contribution >= 4 is 46.0 Å². The first kappa shape index (κ1) is 32.1. The number of methoxy groups -OCH3 is 1. The van der Waals surface area contributed by atoms with Crippen molar-refractivity contribution in [1.29, 1.82) is 0 Å². The van der Waals surface area contributed by atoms with Crippen molar-refractivity contribution in [3.63, 3.8) is 0 Å². The summed E-state index contributed by atoms with van der Waals surface area (Å²) >= 11 is 8.13. The Morgan fingerprint density at radius 3 is 2.48 bits per heavy atom. The van der Waals surface area contributed by atoms with Gasteiger partial charge in [-0.05, 0) is 70.0 Å². The number of hydrogen-bond acceptors (Lipinski definition) is 7. The van der Waals surface area contributed by atoms with Crippen LogP contribution in [0.15, 0.2) is 48.0 Å². The van der Waals surface area contributed by atoms with Crippen LogP contribution in [-0.4, -0.2) is 70.5 Å². The minimum Gasteiger partial charge on any atom is -0.493 e. The Bertz CT molecular complexity index is 1210. The summed E-state index contributed by atoms with van der Waals surface area (Å²) in [6.07, 6.45) is -0.289. The van der Waals surface area contributed by atoms with Crippen LogP contribution >= 0.6 is 34.2 Å². The fourth-order valence-corrected chi connectivity index (χ4v) is 5.46. The molecule has 3 atom stereocenters. The number of nitrogens with one attached hydrogen (secondary N) is 1. The van der Waals surface area contributed by atoms with Gasteiger partial charge in [0.1, 0.15) is 12.2 Å². The van der Waals surface area contributed by atoms with Crippen molar-refractivity contribution in [2.45, 2.75) is 58.1 Å². The number of aliphatic hydroxyl groups is 3. The second kappa shape index (κ2) is 15.0. The molecule has 0 bridgehead atoms. The number of carbonyl (C=O) groups is 2. The van der Waals surface area contributed by atoms with Crippen molar-refractivity contribution in [2.24, 2.45) is 5.92 Å². The minimum absolute atomic E-state index is 0.0596.